The fraction of sp³-hybridized carbons (Fsp3) is 0.414. The quantitative estimate of drug-likeness (QED) is 0.363. The van der Waals surface area contributed by atoms with E-state index in [9.17, 15) is 27.9 Å². The molecule has 232 valence electrons. The SMILES string of the molecule is Cl.Nc1c(Oc2cccc(OC(F)(F)F)c2)ncn(CC2(O)CCN(C(=O)[C@@H]3CCNC[C@H]3c3ccccc3)CC2)c1=O. The number of alkyl halides is 3. The summed E-state index contributed by atoms with van der Waals surface area (Å²) < 4.78 is 48.1. The lowest BCUT2D eigenvalue weighted by atomic mass is 9.80. The summed E-state index contributed by atoms with van der Waals surface area (Å²) in [6.45, 7) is 2.08. The minimum absolute atomic E-state index is 0. The molecule has 2 aromatic carbocycles. The van der Waals surface area contributed by atoms with E-state index in [-0.39, 0.29) is 66.9 Å². The van der Waals surface area contributed by atoms with Crippen molar-refractivity contribution in [3.05, 3.63) is 76.8 Å². The van der Waals surface area contributed by atoms with Crippen LogP contribution in [0.4, 0.5) is 18.9 Å². The molecule has 3 heterocycles. The number of nitrogens with two attached hydrogens (primary N) is 1. The van der Waals surface area contributed by atoms with Crippen LogP contribution in [0, 0.1) is 5.92 Å². The molecule has 2 aliphatic heterocycles. The first-order chi connectivity index (χ1) is 20.0. The summed E-state index contributed by atoms with van der Waals surface area (Å²) in [5.74, 6) is -0.868. The van der Waals surface area contributed by atoms with Gasteiger partial charge in [-0.25, -0.2) is 4.98 Å². The number of nitrogens with one attached hydrogen (secondary N) is 1. The number of piperidine rings is 2. The van der Waals surface area contributed by atoms with Crippen molar-refractivity contribution >= 4 is 24.0 Å². The van der Waals surface area contributed by atoms with Gasteiger partial charge in [0.2, 0.25) is 11.8 Å². The standard InChI is InChI=1S/C29H32F3N5O5.ClH/c30-29(31,32)42-21-8-4-7-20(15-21)41-25-24(33)27(39)37(18-35-25)17-28(40)10-13-36(14-11-28)26(38)22-9-12-34-16-23(22)19-5-2-1-3-6-19;/h1-8,15,18,22-23,34,40H,9-14,16-17,33H2;1H/t22-,23+;/m1./s1. The molecule has 0 unspecified atom stereocenters. The third-order valence-electron chi connectivity index (χ3n) is 7.79. The molecule has 0 saturated carbocycles. The fourth-order valence-electron chi connectivity index (χ4n) is 5.59. The van der Waals surface area contributed by atoms with Gasteiger partial charge in [0.05, 0.1) is 12.1 Å². The van der Waals surface area contributed by atoms with Crippen molar-refractivity contribution in [2.24, 2.45) is 5.92 Å². The zero-order chi connectivity index (χ0) is 29.9. The van der Waals surface area contributed by atoms with Crippen LogP contribution in [-0.4, -0.2) is 63.6 Å². The van der Waals surface area contributed by atoms with Crippen LogP contribution in [0.15, 0.2) is 65.7 Å². The highest BCUT2D eigenvalue weighted by atomic mass is 35.5. The van der Waals surface area contributed by atoms with Crippen LogP contribution in [-0.2, 0) is 11.3 Å². The van der Waals surface area contributed by atoms with E-state index in [1.165, 1.54) is 23.0 Å². The Labute approximate surface area is 252 Å². The number of likely N-dealkylation sites (tertiary alicyclic amines) is 1. The molecular formula is C29H33ClF3N5O5. The van der Waals surface area contributed by atoms with Crippen LogP contribution in [0.2, 0.25) is 0 Å². The van der Waals surface area contributed by atoms with E-state index < -0.39 is 23.3 Å². The first kappa shape index (κ1) is 32.1. The van der Waals surface area contributed by atoms with Crippen molar-refractivity contribution in [3.63, 3.8) is 0 Å². The Morgan fingerprint density at radius 2 is 1.81 bits per heavy atom. The highest BCUT2D eigenvalue weighted by molar-refractivity contribution is 5.85. The molecule has 1 aromatic heterocycles. The second-order valence-corrected chi connectivity index (χ2v) is 10.7. The lowest BCUT2D eigenvalue weighted by Gasteiger charge is -2.41. The lowest BCUT2D eigenvalue weighted by Crippen LogP contribution is -2.52. The molecule has 2 aliphatic rings. The van der Waals surface area contributed by atoms with E-state index in [0.717, 1.165) is 37.2 Å². The number of amides is 1. The van der Waals surface area contributed by atoms with Gasteiger partial charge in [-0.2, -0.15) is 0 Å². The minimum atomic E-state index is -4.88. The zero-order valence-electron chi connectivity index (χ0n) is 23.1. The van der Waals surface area contributed by atoms with E-state index in [1.807, 2.05) is 30.3 Å². The number of nitrogens with zero attached hydrogens (tertiary/aromatic N) is 3. The summed E-state index contributed by atoms with van der Waals surface area (Å²) in [4.78, 5) is 32.3. The van der Waals surface area contributed by atoms with Crippen molar-refractivity contribution in [3.8, 4) is 17.4 Å². The number of carbonyl (C=O) groups excluding carboxylic acids is 1. The maximum absolute atomic E-state index is 13.5. The molecule has 1 amide bonds. The topological polar surface area (TPSA) is 132 Å². The van der Waals surface area contributed by atoms with Gasteiger partial charge in [-0.05, 0) is 43.5 Å². The molecular weight excluding hydrogens is 591 g/mol. The number of halogens is 4. The van der Waals surface area contributed by atoms with Crippen molar-refractivity contribution in [2.75, 3.05) is 31.9 Å². The van der Waals surface area contributed by atoms with Crippen LogP contribution in [0.5, 0.6) is 17.4 Å². The predicted octanol–water partition coefficient (Wildman–Crippen LogP) is 3.69. The number of benzene rings is 2. The Balaban J connectivity index is 0.00000423. The Morgan fingerprint density at radius 1 is 1.12 bits per heavy atom. The van der Waals surface area contributed by atoms with Crippen molar-refractivity contribution in [2.45, 2.75) is 43.7 Å². The van der Waals surface area contributed by atoms with Crippen LogP contribution in [0.1, 0.15) is 30.7 Å². The molecule has 0 aliphatic carbocycles. The molecule has 2 saturated heterocycles. The number of ether oxygens (including phenoxy) is 2. The summed E-state index contributed by atoms with van der Waals surface area (Å²) >= 11 is 0. The molecule has 3 aromatic rings. The van der Waals surface area contributed by atoms with Gasteiger partial charge >= 0.3 is 6.36 Å². The molecule has 4 N–H and O–H groups in total. The van der Waals surface area contributed by atoms with Crippen LogP contribution in [0.25, 0.3) is 0 Å². The normalized spacial score (nSPS) is 20.1. The van der Waals surface area contributed by atoms with Gasteiger partial charge < -0.3 is 30.5 Å². The summed E-state index contributed by atoms with van der Waals surface area (Å²) in [5, 5.41) is 14.7. The van der Waals surface area contributed by atoms with Gasteiger partial charge in [0.1, 0.15) is 17.8 Å². The molecule has 0 bridgehead atoms. The van der Waals surface area contributed by atoms with E-state index in [2.05, 4.69) is 15.0 Å². The van der Waals surface area contributed by atoms with Crippen molar-refractivity contribution in [1.29, 1.82) is 0 Å². The smallest absolute Gasteiger partial charge is 0.437 e. The monoisotopic (exact) mass is 623 g/mol. The third kappa shape index (κ3) is 7.78. The number of nitrogen functional groups attached to an aromatic ring is 1. The van der Waals surface area contributed by atoms with Crippen molar-refractivity contribution in [1.82, 2.24) is 19.8 Å². The van der Waals surface area contributed by atoms with Gasteiger partial charge in [-0.3, -0.25) is 14.2 Å². The highest BCUT2D eigenvalue weighted by Crippen LogP contribution is 2.34. The highest BCUT2D eigenvalue weighted by Gasteiger charge is 2.39. The summed E-state index contributed by atoms with van der Waals surface area (Å²) in [7, 11) is 0. The Kier molecular flexibility index (Phi) is 9.88. The van der Waals surface area contributed by atoms with Gasteiger partial charge in [-0.15, -0.1) is 25.6 Å². The number of hydrogen-bond acceptors (Lipinski definition) is 8. The summed E-state index contributed by atoms with van der Waals surface area (Å²) in [6.07, 6.45) is -2.46. The van der Waals surface area contributed by atoms with Gasteiger partial charge in [-0.1, -0.05) is 36.4 Å². The van der Waals surface area contributed by atoms with Gasteiger partial charge in [0.25, 0.3) is 5.56 Å². The van der Waals surface area contributed by atoms with E-state index in [1.54, 1.807) is 4.90 Å². The number of anilines is 1. The molecule has 2 atom stereocenters. The number of hydrogen-bond donors (Lipinski definition) is 3. The van der Waals surface area contributed by atoms with Gasteiger partial charge in [0, 0.05) is 37.5 Å². The van der Waals surface area contributed by atoms with E-state index >= 15 is 0 Å². The molecule has 43 heavy (non-hydrogen) atoms. The molecule has 14 heteroatoms. The van der Waals surface area contributed by atoms with Crippen molar-refractivity contribution < 1.29 is 32.5 Å². The number of rotatable bonds is 7. The molecule has 2 fully saturated rings. The minimum Gasteiger partial charge on any atom is -0.437 e. The number of aromatic nitrogens is 2. The third-order valence-corrected chi connectivity index (χ3v) is 7.79. The molecule has 0 radical (unpaired) electrons. The number of aliphatic hydroxyl groups is 1. The van der Waals surface area contributed by atoms with Gasteiger partial charge in [0.15, 0.2) is 5.69 Å². The first-order valence-corrected chi connectivity index (χ1v) is 13.7. The second-order valence-electron chi connectivity index (χ2n) is 10.7. The Morgan fingerprint density at radius 3 is 2.51 bits per heavy atom. The molecule has 10 nitrogen and oxygen atoms in total. The predicted molar refractivity (Wildman–Crippen MR) is 154 cm³/mol. The fourth-order valence-corrected chi connectivity index (χ4v) is 5.59. The van der Waals surface area contributed by atoms with E-state index in [0.29, 0.717) is 13.1 Å². The summed E-state index contributed by atoms with van der Waals surface area (Å²) in [6, 6.07) is 14.7. The van der Waals surface area contributed by atoms with Crippen LogP contribution < -0.4 is 26.1 Å². The lowest BCUT2D eigenvalue weighted by molar-refractivity contribution is -0.274. The molecule has 5 rings (SSSR count). The largest absolute Gasteiger partial charge is 0.573 e. The van der Waals surface area contributed by atoms with Crippen LogP contribution in [0.3, 0.4) is 0 Å². The average Bonchev–Trinajstić information content (AvgIpc) is 2.97. The second kappa shape index (κ2) is 13.2. The Bertz CT molecular complexity index is 1460. The maximum Gasteiger partial charge on any atom is 0.573 e. The average molecular weight is 624 g/mol. The van der Waals surface area contributed by atoms with E-state index in [4.69, 9.17) is 10.5 Å². The first-order valence-electron chi connectivity index (χ1n) is 13.7. The summed E-state index contributed by atoms with van der Waals surface area (Å²) in [5.41, 5.74) is 4.77. The zero-order valence-corrected chi connectivity index (χ0v) is 23.9. The number of carbonyl (C=O) groups is 1. The molecule has 0 spiro atoms. The maximum atomic E-state index is 13.5. The Hall–Kier alpha value is -3.81. The van der Waals surface area contributed by atoms with Crippen LogP contribution >= 0.6 is 12.4 Å².